The number of nitrogens with zero attached hydrogens (tertiary/aromatic N) is 1. The lowest BCUT2D eigenvalue weighted by Gasteiger charge is -2.34. The predicted octanol–water partition coefficient (Wildman–Crippen LogP) is 2.03. The molecule has 0 radical (unpaired) electrons. The van der Waals surface area contributed by atoms with Gasteiger partial charge in [-0.2, -0.15) is 13.2 Å². The number of halogens is 3. The topological polar surface area (TPSA) is 23.5 Å². The number of aliphatic hydroxyl groups excluding tert-OH is 1. The van der Waals surface area contributed by atoms with Gasteiger partial charge in [0.1, 0.15) is 0 Å². The average molecular weight is 225 g/mol. The van der Waals surface area contributed by atoms with Crippen molar-refractivity contribution in [2.75, 3.05) is 19.6 Å². The van der Waals surface area contributed by atoms with E-state index < -0.39 is 18.2 Å². The molecule has 0 bridgehead atoms. The van der Waals surface area contributed by atoms with Crippen molar-refractivity contribution in [1.82, 2.24) is 4.90 Å². The number of aliphatic hydroxyl groups is 1. The third-order valence-corrected chi connectivity index (χ3v) is 2.91. The highest BCUT2D eigenvalue weighted by Crippen LogP contribution is 2.33. The van der Waals surface area contributed by atoms with Gasteiger partial charge in [0.25, 0.3) is 0 Å². The molecule has 1 N–H and O–H groups in total. The minimum atomic E-state index is -4.09. The summed E-state index contributed by atoms with van der Waals surface area (Å²) in [4.78, 5) is 1.72. The highest BCUT2D eigenvalue weighted by Gasteiger charge is 2.41. The monoisotopic (exact) mass is 225 g/mol. The molecule has 1 aliphatic rings. The largest absolute Gasteiger partial charge is 0.393 e. The van der Waals surface area contributed by atoms with Crippen LogP contribution in [0, 0.1) is 5.92 Å². The molecule has 0 spiro atoms. The van der Waals surface area contributed by atoms with Crippen LogP contribution in [-0.4, -0.2) is 41.9 Å². The Morgan fingerprint density at radius 3 is 2.67 bits per heavy atom. The fourth-order valence-corrected chi connectivity index (χ4v) is 1.92. The van der Waals surface area contributed by atoms with E-state index in [4.69, 9.17) is 0 Å². The molecule has 1 rings (SSSR count). The van der Waals surface area contributed by atoms with Crippen LogP contribution < -0.4 is 0 Å². The maximum absolute atomic E-state index is 12.4. The Balaban J connectivity index is 2.42. The van der Waals surface area contributed by atoms with Crippen molar-refractivity contribution in [2.24, 2.45) is 5.92 Å². The van der Waals surface area contributed by atoms with Gasteiger partial charge in [0.2, 0.25) is 0 Å². The summed E-state index contributed by atoms with van der Waals surface area (Å²) < 4.78 is 37.3. The van der Waals surface area contributed by atoms with E-state index in [1.165, 1.54) is 0 Å². The van der Waals surface area contributed by atoms with E-state index >= 15 is 0 Å². The number of β-amino-alcohol motifs (C(OH)–C–C–N with tert-alkyl or cyclic N) is 1. The second-order valence-corrected chi connectivity index (χ2v) is 4.20. The normalized spacial score (nSPS) is 26.6. The van der Waals surface area contributed by atoms with E-state index in [1.807, 2.05) is 6.92 Å². The van der Waals surface area contributed by atoms with Crippen LogP contribution in [0.2, 0.25) is 0 Å². The number of piperidine rings is 1. The first-order chi connectivity index (χ1) is 6.93. The van der Waals surface area contributed by atoms with Crippen molar-refractivity contribution in [1.29, 1.82) is 0 Å². The molecule has 0 aliphatic carbocycles. The summed E-state index contributed by atoms with van der Waals surface area (Å²) in [6.45, 7) is 2.91. The zero-order chi connectivity index (χ0) is 11.5. The quantitative estimate of drug-likeness (QED) is 0.794. The van der Waals surface area contributed by atoms with E-state index in [-0.39, 0.29) is 13.0 Å². The van der Waals surface area contributed by atoms with Gasteiger partial charge in [-0.05, 0) is 25.8 Å². The summed E-state index contributed by atoms with van der Waals surface area (Å²) in [5.41, 5.74) is 0. The van der Waals surface area contributed by atoms with Gasteiger partial charge in [0, 0.05) is 13.1 Å². The summed E-state index contributed by atoms with van der Waals surface area (Å²) in [5.74, 6) is -1.21. The van der Waals surface area contributed by atoms with Crippen LogP contribution in [0.5, 0.6) is 0 Å². The number of rotatable bonds is 3. The van der Waals surface area contributed by atoms with E-state index in [2.05, 4.69) is 0 Å². The van der Waals surface area contributed by atoms with Crippen LogP contribution >= 0.6 is 0 Å². The van der Waals surface area contributed by atoms with Crippen molar-refractivity contribution in [3.63, 3.8) is 0 Å². The smallest absolute Gasteiger partial charge is 0.392 e. The molecule has 5 heteroatoms. The minimum Gasteiger partial charge on any atom is -0.392 e. The van der Waals surface area contributed by atoms with E-state index in [9.17, 15) is 18.3 Å². The molecule has 0 aromatic rings. The van der Waals surface area contributed by atoms with Crippen molar-refractivity contribution >= 4 is 0 Å². The van der Waals surface area contributed by atoms with E-state index in [0.29, 0.717) is 25.9 Å². The fourth-order valence-electron chi connectivity index (χ4n) is 1.92. The van der Waals surface area contributed by atoms with Gasteiger partial charge < -0.3 is 10.0 Å². The first-order valence-corrected chi connectivity index (χ1v) is 5.40. The fraction of sp³-hybridized carbons (Fsp3) is 1.00. The summed E-state index contributed by atoms with van der Waals surface area (Å²) >= 11 is 0. The SMILES string of the molecule is CCC(O)CN1CCCC(C(F)(F)F)C1. The molecule has 0 aromatic heterocycles. The third-order valence-electron chi connectivity index (χ3n) is 2.91. The van der Waals surface area contributed by atoms with Gasteiger partial charge in [-0.1, -0.05) is 6.92 Å². The van der Waals surface area contributed by atoms with Gasteiger partial charge in [0.15, 0.2) is 0 Å². The van der Waals surface area contributed by atoms with Gasteiger partial charge in [-0.25, -0.2) is 0 Å². The molecule has 0 saturated carbocycles. The van der Waals surface area contributed by atoms with Gasteiger partial charge >= 0.3 is 6.18 Å². The van der Waals surface area contributed by atoms with Crippen molar-refractivity contribution in [2.45, 2.75) is 38.5 Å². The average Bonchev–Trinajstić information content (AvgIpc) is 2.17. The maximum atomic E-state index is 12.4. The molecule has 2 unspecified atom stereocenters. The Bertz CT molecular complexity index is 196. The summed E-state index contributed by atoms with van der Waals surface area (Å²) in [6.07, 6.45) is -3.21. The van der Waals surface area contributed by atoms with Crippen molar-refractivity contribution in [3.8, 4) is 0 Å². The second-order valence-electron chi connectivity index (χ2n) is 4.20. The zero-order valence-electron chi connectivity index (χ0n) is 8.93. The van der Waals surface area contributed by atoms with Crippen LogP contribution in [-0.2, 0) is 0 Å². The Labute approximate surface area is 88.1 Å². The van der Waals surface area contributed by atoms with Gasteiger partial charge in [-0.15, -0.1) is 0 Å². The molecule has 1 fully saturated rings. The Morgan fingerprint density at radius 1 is 1.47 bits per heavy atom. The predicted molar refractivity (Wildman–Crippen MR) is 51.5 cm³/mol. The Kier molecular flexibility index (Phi) is 4.40. The number of likely N-dealkylation sites (tertiary alicyclic amines) is 1. The lowest BCUT2D eigenvalue weighted by atomic mass is 9.97. The van der Waals surface area contributed by atoms with Crippen LogP contribution in [0.25, 0.3) is 0 Å². The van der Waals surface area contributed by atoms with Crippen LogP contribution in [0.15, 0.2) is 0 Å². The molecule has 2 nitrogen and oxygen atoms in total. The minimum absolute atomic E-state index is 0.0422. The molecule has 90 valence electrons. The summed E-state index contributed by atoms with van der Waals surface area (Å²) in [5, 5.41) is 9.38. The second kappa shape index (κ2) is 5.16. The first kappa shape index (κ1) is 12.8. The molecule has 0 amide bonds. The van der Waals surface area contributed by atoms with Crippen molar-refractivity contribution in [3.05, 3.63) is 0 Å². The third kappa shape index (κ3) is 3.99. The summed E-state index contributed by atoms with van der Waals surface area (Å²) in [6, 6.07) is 0. The maximum Gasteiger partial charge on any atom is 0.393 e. The van der Waals surface area contributed by atoms with Crippen LogP contribution in [0.1, 0.15) is 26.2 Å². The Hall–Kier alpha value is -0.290. The Morgan fingerprint density at radius 2 is 2.13 bits per heavy atom. The molecular formula is C10H18F3NO. The highest BCUT2D eigenvalue weighted by atomic mass is 19.4. The first-order valence-electron chi connectivity index (χ1n) is 5.40. The van der Waals surface area contributed by atoms with Crippen LogP contribution in [0.3, 0.4) is 0 Å². The number of hydrogen-bond acceptors (Lipinski definition) is 2. The molecule has 1 saturated heterocycles. The van der Waals surface area contributed by atoms with Crippen molar-refractivity contribution < 1.29 is 18.3 Å². The molecule has 1 heterocycles. The van der Waals surface area contributed by atoms with Crippen LogP contribution in [0.4, 0.5) is 13.2 Å². The summed E-state index contributed by atoms with van der Waals surface area (Å²) in [7, 11) is 0. The van der Waals surface area contributed by atoms with E-state index in [0.717, 1.165) is 0 Å². The zero-order valence-corrected chi connectivity index (χ0v) is 8.93. The van der Waals surface area contributed by atoms with Gasteiger partial charge in [0.05, 0.1) is 12.0 Å². The van der Waals surface area contributed by atoms with E-state index in [1.54, 1.807) is 4.90 Å². The number of hydrogen-bond donors (Lipinski definition) is 1. The molecule has 2 atom stereocenters. The standard InChI is InChI=1S/C10H18F3NO/c1-2-9(15)7-14-5-3-4-8(6-14)10(11,12)13/h8-9,15H,2-7H2,1H3. The molecule has 15 heavy (non-hydrogen) atoms. The highest BCUT2D eigenvalue weighted by molar-refractivity contribution is 4.79. The molecular weight excluding hydrogens is 207 g/mol. The molecule has 1 aliphatic heterocycles. The van der Waals surface area contributed by atoms with Gasteiger partial charge in [-0.3, -0.25) is 0 Å². The molecule has 0 aromatic carbocycles. The lowest BCUT2D eigenvalue weighted by molar-refractivity contribution is -0.187. The lowest BCUT2D eigenvalue weighted by Crippen LogP contribution is -2.44. The number of alkyl halides is 3.